The number of hydrogen-bond donors (Lipinski definition) is 1. The largest absolute Gasteiger partial charge is 0.491 e. The molecule has 3 aromatic heterocycles. The summed E-state index contributed by atoms with van der Waals surface area (Å²) in [6.07, 6.45) is 1.67. The van der Waals surface area contributed by atoms with Crippen molar-refractivity contribution in [3.05, 3.63) is 80.8 Å². The number of nitrogens with one attached hydrogen (secondary N) is 1. The summed E-state index contributed by atoms with van der Waals surface area (Å²) in [5.41, 5.74) is 1.96. The molecule has 0 spiro atoms. The lowest BCUT2D eigenvalue weighted by atomic mass is 10.2. The van der Waals surface area contributed by atoms with Crippen molar-refractivity contribution in [2.45, 2.75) is 91.4 Å². The second-order valence-electron chi connectivity index (χ2n) is 17.6. The number of carbonyl (C=O) groups excluding carboxylic acids is 2. The number of carbonyl (C=O) groups is 2. The number of thiazole rings is 2. The third-order valence-electron chi connectivity index (χ3n) is 9.37. The van der Waals surface area contributed by atoms with E-state index < -0.39 is 31.6 Å². The third kappa shape index (κ3) is 15.2. The Hall–Kier alpha value is -5.19. The summed E-state index contributed by atoms with van der Waals surface area (Å²) in [6.45, 7) is 17.0. The van der Waals surface area contributed by atoms with Crippen molar-refractivity contribution in [3.8, 4) is 17.6 Å². The molecule has 0 aliphatic carbocycles. The van der Waals surface area contributed by atoms with Crippen molar-refractivity contribution in [2.75, 3.05) is 59.0 Å². The van der Waals surface area contributed by atoms with Gasteiger partial charge in [0.2, 0.25) is 0 Å². The van der Waals surface area contributed by atoms with E-state index in [1.165, 1.54) is 24.5 Å². The van der Waals surface area contributed by atoms with Crippen LogP contribution in [0.4, 0.5) is 26.0 Å². The fourth-order valence-electron chi connectivity index (χ4n) is 6.06. The lowest BCUT2D eigenvalue weighted by Gasteiger charge is -2.21. The molecule has 5 aromatic rings. The van der Waals surface area contributed by atoms with Crippen LogP contribution in [0.15, 0.2) is 53.5 Å². The van der Waals surface area contributed by atoms with Gasteiger partial charge in [0.1, 0.15) is 12.3 Å². The van der Waals surface area contributed by atoms with Gasteiger partial charge >= 0.3 is 12.1 Å². The molecule has 1 amide bonds. The minimum atomic E-state index is -1.26. The topological polar surface area (TPSA) is 146 Å². The molecule has 64 heavy (non-hydrogen) atoms. The predicted molar refractivity (Wildman–Crippen MR) is 255 cm³/mol. The molecule has 14 nitrogen and oxygen atoms in total. The number of ether oxygens (including phenoxy) is 4. The highest BCUT2D eigenvalue weighted by Gasteiger charge is 2.24. The predicted octanol–water partition coefficient (Wildman–Crippen LogP) is 9.10. The minimum Gasteiger partial charge on any atom is -0.491 e. The van der Waals surface area contributed by atoms with Crippen molar-refractivity contribution in [2.24, 2.45) is 4.99 Å². The number of benzene rings is 2. The molecule has 0 unspecified atom stereocenters. The van der Waals surface area contributed by atoms with E-state index in [4.69, 9.17) is 28.9 Å². The molecule has 1 N–H and O–H groups in total. The Balaban J connectivity index is 1.38. The molecule has 0 bridgehead atoms. The van der Waals surface area contributed by atoms with Crippen LogP contribution in [-0.2, 0) is 27.4 Å². The van der Waals surface area contributed by atoms with Gasteiger partial charge in [-0.25, -0.2) is 19.0 Å². The quantitative estimate of drug-likeness (QED) is 0.0345. The Morgan fingerprint density at radius 2 is 1.80 bits per heavy atom. The molecular formula is C46H61FN8O6S2Si. The number of unbranched alkanes of at least 4 members (excludes halogenated alkanes) is 1. The van der Waals surface area contributed by atoms with Crippen molar-refractivity contribution in [3.63, 3.8) is 0 Å². The average Bonchev–Trinajstić information content (AvgIpc) is 3.80. The van der Waals surface area contributed by atoms with Crippen LogP contribution in [-0.4, -0.2) is 104 Å². The smallest absolute Gasteiger partial charge is 0.407 e. The fourth-order valence-corrected chi connectivity index (χ4v) is 8.96. The number of rotatable bonds is 20. The van der Waals surface area contributed by atoms with E-state index in [9.17, 15) is 14.0 Å². The summed E-state index contributed by atoms with van der Waals surface area (Å²) in [6, 6.07) is 15.8. The van der Waals surface area contributed by atoms with E-state index >= 15 is 0 Å². The number of anilines is 2. The zero-order valence-electron chi connectivity index (χ0n) is 38.7. The van der Waals surface area contributed by atoms with Crippen molar-refractivity contribution >= 4 is 69.8 Å². The Morgan fingerprint density at radius 1 is 1.02 bits per heavy atom. The Morgan fingerprint density at radius 3 is 2.50 bits per heavy atom. The number of nitrogens with zero attached hydrogens (tertiary/aromatic N) is 7. The number of alkyl carbamates (subject to hydrolysis) is 1. The number of para-hydroxylation sites is 1. The summed E-state index contributed by atoms with van der Waals surface area (Å²) in [4.78, 5) is 40.5. The number of fused-ring (bicyclic) bond motifs is 1. The molecule has 18 heteroatoms. The first-order valence-corrected chi connectivity index (χ1v) is 26.7. The lowest BCUT2D eigenvalue weighted by Crippen LogP contribution is -2.33. The van der Waals surface area contributed by atoms with Crippen LogP contribution in [0.5, 0.6) is 5.75 Å². The number of methoxy groups -OCH3 is 1. The molecule has 0 saturated carbocycles. The Labute approximate surface area is 384 Å². The van der Waals surface area contributed by atoms with Crippen molar-refractivity contribution in [1.82, 2.24) is 30.0 Å². The molecule has 0 atom stereocenters. The maximum absolute atomic E-state index is 14.9. The second kappa shape index (κ2) is 23.1. The van der Waals surface area contributed by atoms with Gasteiger partial charge in [0.15, 0.2) is 38.8 Å². The van der Waals surface area contributed by atoms with Crippen molar-refractivity contribution in [1.29, 1.82) is 0 Å². The summed E-state index contributed by atoms with van der Waals surface area (Å²) < 4.78 is 40.6. The molecule has 0 aliphatic rings. The van der Waals surface area contributed by atoms with Gasteiger partial charge in [0, 0.05) is 38.2 Å². The van der Waals surface area contributed by atoms with Crippen LogP contribution >= 0.6 is 22.7 Å². The molecular weight excluding hydrogens is 872 g/mol. The monoisotopic (exact) mass is 932 g/mol. The number of aromatic nitrogens is 4. The van der Waals surface area contributed by atoms with Crippen LogP contribution in [0.2, 0.25) is 25.7 Å². The molecule has 3 heterocycles. The second-order valence-corrected chi connectivity index (χ2v) is 25.3. The highest BCUT2D eigenvalue weighted by Crippen LogP contribution is 2.34. The summed E-state index contributed by atoms with van der Waals surface area (Å²) in [5, 5.41) is 12.6. The number of halogens is 1. The number of hydrogen-bond acceptors (Lipinski definition) is 14. The van der Waals surface area contributed by atoms with Crippen LogP contribution in [0.25, 0.3) is 10.2 Å². The Kier molecular flexibility index (Phi) is 18.0. The SMILES string of the molecule is COC(=O)c1nc(N(CCCCNC(=O)OC(C)(C)C)c2cc(C)c(/N=c3\sc4ccccc4n3COCC[Si](C)(C)C)nn2)sc1CCCOc1ccc(C#CCN(C)C)cc1F. The molecule has 0 aliphatic heterocycles. The van der Waals surface area contributed by atoms with Gasteiger partial charge in [-0.3, -0.25) is 9.47 Å². The van der Waals surface area contributed by atoms with Gasteiger partial charge < -0.3 is 29.2 Å². The van der Waals surface area contributed by atoms with Gasteiger partial charge in [-0.15, -0.1) is 21.5 Å². The normalized spacial score (nSPS) is 12.0. The molecule has 2 aromatic carbocycles. The number of aryl methyl sites for hydroxylation is 2. The zero-order chi connectivity index (χ0) is 46.4. The van der Waals surface area contributed by atoms with E-state index in [1.54, 1.807) is 23.5 Å². The molecule has 0 fully saturated rings. The average molecular weight is 933 g/mol. The summed E-state index contributed by atoms with van der Waals surface area (Å²) >= 11 is 2.90. The van der Waals surface area contributed by atoms with E-state index in [2.05, 4.69) is 63.7 Å². The minimum absolute atomic E-state index is 0.126. The van der Waals surface area contributed by atoms with Gasteiger partial charge in [-0.05, 0) is 115 Å². The first-order chi connectivity index (χ1) is 30.4. The molecule has 344 valence electrons. The number of esters is 1. The van der Waals surface area contributed by atoms with Crippen LogP contribution in [0.3, 0.4) is 0 Å². The first kappa shape index (κ1) is 49.8. The van der Waals surface area contributed by atoms with Gasteiger partial charge in [-0.2, -0.15) is 4.99 Å². The highest BCUT2D eigenvalue weighted by molar-refractivity contribution is 7.16. The first-order valence-electron chi connectivity index (χ1n) is 21.3. The van der Waals surface area contributed by atoms with Crippen LogP contribution in [0.1, 0.15) is 66.5 Å². The van der Waals surface area contributed by atoms with E-state index in [0.717, 1.165) is 26.6 Å². The van der Waals surface area contributed by atoms with E-state index in [-0.39, 0.29) is 18.1 Å². The summed E-state index contributed by atoms with van der Waals surface area (Å²) in [5.74, 6) is 6.00. The number of amides is 1. The van der Waals surface area contributed by atoms with E-state index in [1.807, 2.05) is 69.8 Å². The van der Waals surface area contributed by atoms with Gasteiger partial charge in [0.25, 0.3) is 0 Å². The zero-order valence-corrected chi connectivity index (χ0v) is 41.3. The maximum atomic E-state index is 14.9. The molecule has 5 rings (SSSR count). The molecule has 0 radical (unpaired) electrons. The third-order valence-corrected chi connectivity index (χ3v) is 13.3. The van der Waals surface area contributed by atoms with Gasteiger partial charge in [-0.1, -0.05) is 55.0 Å². The fraction of sp³-hybridized carbons (Fsp3) is 0.478. The van der Waals surface area contributed by atoms with Crippen LogP contribution in [0, 0.1) is 24.6 Å². The maximum Gasteiger partial charge on any atom is 0.407 e. The van der Waals surface area contributed by atoms with Crippen LogP contribution < -0.4 is 19.8 Å². The standard InChI is InChI=1S/C46H61FN8O6S2Si/c1-32-29-39(51-52-41(32)50-44-55(31-59-27-28-64(8,9)10)35-18-11-12-19-37(35)62-44)54(25-14-13-23-48-45(57)61-46(2,3)4)43-49-40(42(56)58-7)38(63-43)20-16-26-60-36-22-21-33(30-34(36)47)17-15-24-53(5)6/h11-12,18-19,21-22,29-30H,13-14,16,20,23-28,31H2,1-10H3,(H,48,57)/b50-44-. The van der Waals surface area contributed by atoms with Gasteiger partial charge in [0.05, 0.1) is 30.5 Å². The highest BCUT2D eigenvalue weighted by atomic mass is 32.1. The Bertz CT molecular complexity index is 2500. The molecule has 0 saturated heterocycles. The summed E-state index contributed by atoms with van der Waals surface area (Å²) in [7, 11) is 3.89. The lowest BCUT2D eigenvalue weighted by molar-refractivity contribution is 0.0525. The van der Waals surface area contributed by atoms with E-state index in [0.29, 0.717) is 85.9 Å². The van der Waals surface area contributed by atoms with Crippen molar-refractivity contribution < 1.29 is 32.9 Å².